The van der Waals surface area contributed by atoms with Gasteiger partial charge in [-0.25, -0.2) is 0 Å². The van der Waals surface area contributed by atoms with E-state index in [1.165, 1.54) is 11.1 Å². The number of hydrogen-bond donors (Lipinski definition) is 0. The second-order valence-electron chi connectivity index (χ2n) is 4.12. The van der Waals surface area contributed by atoms with Crippen LogP contribution < -0.4 is 0 Å². The molecule has 1 rings (SSSR count). The van der Waals surface area contributed by atoms with Crippen molar-refractivity contribution in [2.24, 2.45) is 0 Å². The van der Waals surface area contributed by atoms with Crippen LogP contribution >= 0.6 is 0 Å². The fraction of sp³-hybridized carbons (Fsp3) is 0.636. The quantitative estimate of drug-likeness (QED) is 0.695. The fourth-order valence-electron chi connectivity index (χ4n) is 1.60. The molecule has 0 aliphatic carbocycles. The minimum atomic E-state index is 0.464. The zero-order valence-electron chi connectivity index (χ0n) is 9.13. The van der Waals surface area contributed by atoms with Crippen LogP contribution in [0.5, 0.6) is 0 Å². The summed E-state index contributed by atoms with van der Waals surface area (Å²) >= 11 is 0. The highest BCUT2D eigenvalue weighted by Crippen LogP contribution is 2.23. The Labute approximate surface area is 80.4 Å². The van der Waals surface area contributed by atoms with Crippen LogP contribution in [-0.2, 0) is 0 Å². The first-order valence-corrected chi connectivity index (χ1v) is 4.86. The van der Waals surface area contributed by atoms with Crippen LogP contribution in [0, 0.1) is 6.92 Å². The zero-order valence-corrected chi connectivity index (χ0v) is 9.13. The van der Waals surface area contributed by atoms with Gasteiger partial charge in [0.05, 0.1) is 11.9 Å². The van der Waals surface area contributed by atoms with E-state index < -0.39 is 0 Å². The molecule has 0 spiro atoms. The Balaban J connectivity index is 3.18. The monoisotopic (exact) mass is 178 g/mol. The van der Waals surface area contributed by atoms with Gasteiger partial charge in [-0.05, 0) is 29.9 Å². The summed E-state index contributed by atoms with van der Waals surface area (Å²) in [6, 6.07) is 0. The van der Waals surface area contributed by atoms with Gasteiger partial charge < -0.3 is 0 Å². The van der Waals surface area contributed by atoms with Crippen LogP contribution in [0.15, 0.2) is 6.20 Å². The van der Waals surface area contributed by atoms with Gasteiger partial charge in [0, 0.05) is 0 Å². The van der Waals surface area contributed by atoms with Crippen molar-refractivity contribution >= 4 is 0 Å². The van der Waals surface area contributed by atoms with E-state index in [1.54, 1.807) is 0 Å². The molecule has 1 aromatic rings. The van der Waals surface area contributed by atoms with E-state index in [4.69, 9.17) is 0 Å². The molecule has 0 fully saturated rings. The fourth-order valence-corrected chi connectivity index (χ4v) is 1.60. The molecule has 0 bridgehead atoms. The van der Waals surface area contributed by atoms with Gasteiger partial charge in [-0.2, -0.15) is 10.2 Å². The van der Waals surface area contributed by atoms with Crippen LogP contribution in [0.2, 0.25) is 0 Å². The number of aromatic nitrogens is 2. The molecule has 13 heavy (non-hydrogen) atoms. The Hall–Kier alpha value is -0.920. The Kier molecular flexibility index (Phi) is 3.02. The molecular formula is C11H18N2. The van der Waals surface area contributed by atoms with E-state index in [0.29, 0.717) is 11.8 Å². The molecule has 0 N–H and O–H groups in total. The van der Waals surface area contributed by atoms with Gasteiger partial charge in [0.25, 0.3) is 0 Å². The van der Waals surface area contributed by atoms with Crippen LogP contribution in [0.3, 0.4) is 0 Å². The van der Waals surface area contributed by atoms with Gasteiger partial charge >= 0.3 is 0 Å². The van der Waals surface area contributed by atoms with Crippen molar-refractivity contribution in [3.8, 4) is 0 Å². The standard InChI is InChI=1S/C11H18N2/c1-7(2)10-6-12-13-11(8(3)4)9(10)5/h6-8H,1-5H3. The minimum absolute atomic E-state index is 0.464. The summed E-state index contributed by atoms with van der Waals surface area (Å²) in [5.41, 5.74) is 3.75. The van der Waals surface area contributed by atoms with E-state index in [2.05, 4.69) is 44.8 Å². The van der Waals surface area contributed by atoms with Crippen LogP contribution in [0.25, 0.3) is 0 Å². The molecule has 0 aliphatic heterocycles. The SMILES string of the molecule is Cc1c(C(C)C)cnnc1C(C)C. The lowest BCUT2D eigenvalue weighted by Gasteiger charge is -2.13. The molecule has 0 saturated heterocycles. The van der Waals surface area contributed by atoms with Crippen LogP contribution in [0.4, 0.5) is 0 Å². The van der Waals surface area contributed by atoms with E-state index in [-0.39, 0.29) is 0 Å². The highest BCUT2D eigenvalue weighted by Gasteiger charge is 2.11. The second-order valence-corrected chi connectivity index (χ2v) is 4.12. The molecule has 1 aromatic heterocycles. The van der Waals surface area contributed by atoms with Gasteiger partial charge in [-0.1, -0.05) is 27.7 Å². The zero-order chi connectivity index (χ0) is 10.0. The van der Waals surface area contributed by atoms with Crippen molar-refractivity contribution in [2.45, 2.75) is 46.5 Å². The summed E-state index contributed by atoms with van der Waals surface area (Å²) in [5.74, 6) is 0.999. The lowest BCUT2D eigenvalue weighted by atomic mass is 9.96. The molecule has 0 atom stereocenters. The Morgan fingerprint density at radius 3 is 2.15 bits per heavy atom. The van der Waals surface area contributed by atoms with Gasteiger partial charge in [0.1, 0.15) is 0 Å². The van der Waals surface area contributed by atoms with Gasteiger partial charge in [0.15, 0.2) is 0 Å². The van der Waals surface area contributed by atoms with Gasteiger partial charge in [0.2, 0.25) is 0 Å². The lowest BCUT2D eigenvalue weighted by molar-refractivity contribution is 0.744. The predicted octanol–water partition coefficient (Wildman–Crippen LogP) is 3.03. The summed E-state index contributed by atoms with van der Waals surface area (Å²) in [6.07, 6.45) is 1.88. The third-order valence-corrected chi connectivity index (χ3v) is 2.35. The topological polar surface area (TPSA) is 25.8 Å². The van der Waals surface area contributed by atoms with E-state index in [0.717, 1.165) is 5.69 Å². The molecule has 1 heterocycles. The second kappa shape index (κ2) is 3.86. The third kappa shape index (κ3) is 2.06. The number of hydrogen-bond acceptors (Lipinski definition) is 2. The largest absolute Gasteiger partial charge is 0.159 e. The molecular weight excluding hydrogens is 160 g/mol. The van der Waals surface area contributed by atoms with Crippen LogP contribution in [-0.4, -0.2) is 10.2 Å². The number of nitrogens with zero attached hydrogens (tertiary/aromatic N) is 2. The summed E-state index contributed by atoms with van der Waals surface area (Å²) in [5, 5.41) is 8.21. The van der Waals surface area contributed by atoms with Crippen molar-refractivity contribution in [1.82, 2.24) is 10.2 Å². The normalized spacial score (nSPS) is 11.3. The van der Waals surface area contributed by atoms with Crippen molar-refractivity contribution in [2.75, 3.05) is 0 Å². The first-order valence-electron chi connectivity index (χ1n) is 4.86. The molecule has 2 heteroatoms. The van der Waals surface area contributed by atoms with Crippen molar-refractivity contribution < 1.29 is 0 Å². The molecule has 0 aromatic carbocycles. The molecule has 2 nitrogen and oxygen atoms in total. The third-order valence-electron chi connectivity index (χ3n) is 2.35. The average molecular weight is 178 g/mol. The maximum absolute atomic E-state index is 4.17. The van der Waals surface area contributed by atoms with Crippen molar-refractivity contribution in [3.63, 3.8) is 0 Å². The van der Waals surface area contributed by atoms with E-state index >= 15 is 0 Å². The first kappa shape index (κ1) is 10.2. The van der Waals surface area contributed by atoms with E-state index in [1.807, 2.05) is 6.20 Å². The molecule has 0 amide bonds. The van der Waals surface area contributed by atoms with E-state index in [9.17, 15) is 0 Å². The molecule has 0 aliphatic rings. The lowest BCUT2D eigenvalue weighted by Crippen LogP contribution is -2.04. The van der Waals surface area contributed by atoms with Crippen molar-refractivity contribution in [1.29, 1.82) is 0 Å². The van der Waals surface area contributed by atoms with Crippen LogP contribution in [0.1, 0.15) is 56.4 Å². The smallest absolute Gasteiger partial charge is 0.0688 e. The van der Waals surface area contributed by atoms with Gasteiger partial charge in [-0.3, -0.25) is 0 Å². The predicted molar refractivity (Wildman–Crippen MR) is 54.9 cm³/mol. The molecule has 0 radical (unpaired) electrons. The van der Waals surface area contributed by atoms with Gasteiger partial charge in [-0.15, -0.1) is 0 Å². The maximum Gasteiger partial charge on any atom is 0.0688 e. The summed E-state index contributed by atoms with van der Waals surface area (Å²) in [7, 11) is 0. The first-order chi connectivity index (χ1) is 6.04. The maximum atomic E-state index is 4.17. The van der Waals surface area contributed by atoms with Crippen molar-refractivity contribution in [3.05, 3.63) is 23.0 Å². The Bertz CT molecular complexity index is 264. The summed E-state index contributed by atoms with van der Waals surface area (Å²) in [4.78, 5) is 0. The summed E-state index contributed by atoms with van der Waals surface area (Å²) < 4.78 is 0. The number of rotatable bonds is 2. The molecule has 72 valence electrons. The Morgan fingerprint density at radius 2 is 1.69 bits per heavy atom. The molecule has 0 saturated carbocycles. The Morgan fingerprint density at radius 1 is 1.08 bits per heavy atom. The highest BCUT2D eigenvalue weighted by molar-refractivity contribution is 5.30. The summed E-state index contributed by atoms with van der Waals surface area (Å²) in [6.45, 7) is 10.8. The molecule has 0 unspecified atom stereocenters. The highest BCUT2D eigenvalue weighted by atomic mass is 15.1. The minimum Gasteiger partial charge on any atom is -0.159 e. The average Bonchev–Trinajstić information content (AvgIpc) is 2.03.